The number of aromatic nitrogens is 3. The maximum absolute atomic E-state index is 10.7. The van der Waals surface area contributed by atoms with Gasteiger partial charge in [-0.25, -0.2) is 0 Å². The summed E-state index contributed by atoms with van der Waals surface area (Å²) in [5, 5.41) is 21.8. The first-order valence-electron chi connectivity index (χ1n) is 6.72. The van der Waals surface area contributed by atoms with Crippen LogP contribution in [0.5, 0.6) is 0 Å². The fourth-order valence-electron chi connectivity index (χ4n) is 2.47. The Morgan fingerprint density at radius 2 is 1.68 bits per heavy atom. The summed E-state index contributed by atoms with van der Waals surface area (Å²) in [5.41, 5.74) is 2.34. The summed E-state index contributed by atoms with van der Waals surface area (Å²) in [6.07, 6.45) is 0. The molecule has 0 bridgehead atoms. The molecule has 0 saturated heterocycles. The van der Waals surface area contributed by atoms with E-state index in [1.54, 1.807) is 12.1 Å². The molecule has 1 heterocycles. The molecule has 6 heteroatoms. The Labute approximate surface area is 124 Å². The summed E-state index contributed by atoms with van der Waals surface area (Å²) < 4.78 is 0. The van der Waals surface area contributed by atoms with Crippen molar-refractivity contribution >= 4 is 27.5 Å². The van der Waals surface area contributed by atoms with E-state index in [9.17, 15) is 10.1 Å². The van der Waals surface area contributed by atoms with Crippen LogP contribution in [-0.2, 0) is 0 Å². The largest absolute Gasteiger partial charge is 0.269 e. The smallest absolute Gasteiger partial charge is 0.258 e. The molecule has 0 aliphatic carbocycles. The van der Waals surface area contributed by atoms with Gasteiger partial charge in [0, 0.05) is 17.5 Å². The molecule has 0 radical (unpaired) electrons. The van der Waals surface area contributed by atoms with E-state index in [0.717, 1.165) is 21.8 Å². The van der Waals surface area contributed by atoms with Crippen molar-refractivity contribution < 1.29 is 4.92 Å². The van der Waals surface area contributed by atoms with Gasteiger partial charge >= 0.3 is 0 Å². The third kappa shape index (κ3) is 1.89. The molecule has 0 unspecified atom stereocenters. The number of benzene rings is 3. The molecule has 1 aromatic heterocycles. The highest BCUT2D eigenvalue weighted by Gasteiger charge is 2.10. The monoisotopic (exact) mass is 290 g/mol. The predicted octanol–water partition coefficient (Wildman–Crippen LogP) is 3.48. The Morgan fingerprint density at radius 1 is 0.909 bits per heavy atom. The first-order chi connectivity index (χ1) is 10.7. The van der Waals surface area contributed by atoms with Crippen LogP contribution >= 0.6 is 0 Å². The van der Waals surface area contributed by atoms with E-state index >= 15 is 0 Å². The highest BCUT2D eigenvalue weighted by Crippen LogP contribution is 2.23. The van der Waals surface area contributed by atoms with E-state index in [0.29, 0.717) is 5.69 Å². The van der Waals surface area contributed by atoms with Crippen LogP contribution in [0, 0.1) is 10.1 Å². The highest BCUT2D eigenvalue weighted by molar-refractivity contribution is 6.03. The van der Waals surface area contributed by atoms with Crippen LogP contribution in [0.2, 0.25) is 0 Å². The molecule has 4 aromatic rings. The average Bonchev–Trinajstić information content (AvgIpc) is 2.99. The second-order valence-corrected chi connectivity index (χ2v) is 4.92. The zero-order valence-corrected chi connectivity index (χ0v) is 11.4. The second-order valence-electron chi connectivity index (χ2n) is 4.92. The van der Waals surface area contributed by atoms with Crippen molar-refractivity contribution in [3.63, 3.8) is 0 Å². The number of rotatable bonds is 2. The summed E-state index contributed by atoms with van der Waals surface area (Å²) in [6.45, 7) is 0. The topological polar surface area (TPSA) is 73.8 Å². The summed E-state index contributed by atoms with van der Waals surface area (Å²) >= 11 is 0. The molecular formula is C16H10N4O2. The number of nitro benzene ring substituents is 1. The van der Waals surface area contributed by atoms with E-state index in [1.165, 1.54) is 16.9 Å². The average molecular weight is 290 g/mol. The van der Waals surface area contributed by atoms with E-state index in [1.807, 2.05) is 36.4 Å². The Bertz CT molecular complexity index is 1010. The Kier molecular flexibility index (Phi) is 2.62. The molecule has 4 rings (SSSR count). The molecule has 0 fully saturated rings. The fourth-order valence-corrected chi connectivity index (χ4v) is 2.47. The Balaban J connectivity index is 1.88. The van der Waals surface area contributed by atoms with E-state index < -0.39 is 4.92 Å². The van der Waals surface area contributed by atoms with E-state index in [-0.39, 0.29) is 5.69 Å². The molecule has 6 nitrogen and oxygen atoms in total. The van der Waals surface area contributed by atoms with Crippen molar-refractivity contribution in [1.29, 1.82) is 0 Å². The van der Waals surface area contributed by atoms with Crippen LogP contribution in [-0.4, -0.2) is 19.9 Å². The van der Waals surface area contributed by atoms with Gasteiger partial charge in [-0.2, -0.15) is 4.80 Å². The zero-order chi connectivity index (χ0) is 15.1. The van der Waals surface area contributed by atoms with Crippen LogP contribution in [0.3, 0.4) is 0 Å². The van der Waals surface area contributed by atoms with Gasteiger partial charge in [-0.15, -0.1) is 10.2 Å². The van der Waals surface area contributed by atoms with Crippen molar-refractivity contribution in [3.05, 3.63) is 70.8 Å². The lowest BCUT2D eigenvalue weighted by molar-refractivity contribution is -0.384. The molecule has 0 amide bonds. The Morgan fingerprint density at radius 3 is 2.45 bits per heavy atom. The first-order valence-corrected chi connectivity index (χ1v) is 6.72. The minimum Gasteiger partial charge on any atom is -0.258 e. The van der Waals surface area contributed by atoms with Crippen molar-refractivity contribution in [1.82, 2.24) is 15.0 Å². The number of hydrogen-bond donors (Lipinski definition) is 0. The predicted molar refractivity (Wildman–Crippen MR) is 83.0 cm³/mol. The third-order valence-corrected chi connectivity index (χ3v) is 3.57. The van der Waals surface area contributed by atoms with Gasteiger partial charge < -0.3 is 0 Å². The maximum Gasteiger partial charge on any atom is 0.269 e. The molecule has 3 aromatic carbocycles. The summed E-state index contributed by atoms with van der Waals surface area (Å²) in [6, 6.07) is 18.1. The van der Waals surface area contributed by atoms with E-state index in [4.69, 9.17) is 0 Å². The standard InChI is InChI=1S/C16H10N4O2/c21-20(22)13-8-6-12(7-9-13)19-17-15-10-5-11-3-1-2-4-14(11)16(15)18-19/h1-10H. The molecule has 0 N–H and O–H groups in total. The molecule has 22 heavy (non-hydrogen) atoms. The van der Waals surface area contributed by atoms with Crippen molar-refractivity contribution in [3.8, 4) is 5.69 Å². The molecule has 0 atom stereocenters. The zero-order valence-electron chi connectivity index (χ0n) is 11.4. The lowest BCUT2D eigenvalue weighted by atomic mass is 10.1. The van der Waals surface area contributed by atoms with Crippen LogP contribution < -0.4 is 0 Å². The van der Waals surface area contributed by atoms with Crippen molar-refractivity contribution in [2.45, 2.75) is 0 Å². The minimum atomic E-state index is -0.426. The van der Waals surface area contributed by atoms with Crippen LogP contribution in [0.1, 0.15) is 0 Å². The van der Waals surface area contributed by atoms with Crippen molar-refractivity contribution in [2.75, 3.05) is 0 Å². The van der Waals surface area contributed by atoms with Gasteiger partial charge in [-0.05, 0) is 23.6 Å². The maximum atomic E-state index is 10.7. The number of nitro groups is 1. The summed E-state index contributed by atoms with van der Waals surface area (Å²) in [5.74, 6) is 0. The quantitative estimate of drug-likeness (QED) is 0.418. The van der Waals surface area contributed by atoms with Gasteiger partial charge in [0.05, 0.1) is 10.6 Å². The normalized spacial score (nSPS) is 11.1. The number of fused-ring (bicyclic) bond motifs is 3. The second kappa shape index (κ2) is 4.63. The highest BCUT2D eigenvalue weighted by atomic mass is 16.6. The molecule has 0 aliphatic rings. The molecule has 0 saturated carbocycles. The molecular weight excluding hydrogens is 280 g/mol. The number of hydrogen-bond acceptors (Lipinski definition) is 4. The van der Waals surface area contributed by atoms with Crippen LogP contribution in [0.4, 0.5) is 5.69 Å². The minimum absolute atomic E-state index is 0.0471. The summed E-state index contributed by atoms with van der Waals surface area (Å²) in [4.78, 5) is 11.8. The molecule has 106 valence electrons. The van der Waals surface area contributed by atoms with Gasteiger partial charge in [0.1, 0.15) is 11.0 Å². The van der Waals surface area contributed by atoms with Crippen LogP contribution in [0.15, 0.2) is 60.7 Å². The van der Waals surface area contributed by atoms with Gasteiger partial charge in [-0.3, -0.25) is 10.1 Å². The molecule has 0 aliphatic heterocycles. The number of nitrogens with zero attached hydrogens (tertiary/aromatic N) is 4. The van der Waals surface area contributed by atoms with Gasteiger partial charge in [0.15, 0.2) is 0 Å². The first kappa shape index (κ1) is 12.5. The Hall–Kier alpha value is -3.28. The lowest BCUT2D eigenvalue weighted by Gasteiger charge is -1.98. The van der Waals surface area contributed by atoms with Gasteiger partial charge in [-0.1, -0.05) is 30.3 Å². The lowest BCUT2D eigenvalue weighted by Crippen LogP contribution is -1.98. The molecule has 0 spiro atoms. The summed E-state index contributed by atoms with van der Waals surface area (Å²) in [7, 11) is 0. The fraction of sp³-hybridized carbons (Fsp3) is 0. The number of non-ortho nitro benzene ring substituents is 1. The third-order valence-electron chi connectivity index (χ3n) is 3.57. The van der Waals surface area contributed by atoms with Crippen LogP contribution in [0.25, 0.3) is 27.5 Å². The van der Waals surface area contributed by atoms with Gasteiger partial charge in [0.2, 0.25) is 0 Å². The van der Waals surface area contributed by atoms with Crippen molar-refractivity contribution in [2.24, 2.45) is 0 Å². The SMILES string of the molecule is O=[N+]([O-])c1ccc(-n2nc3ccc4ccccc4c3n2)cc1. The van der Waals surface area contributed by atoms with E-state index in [2.05, 4.69) is 10.2 Å². The van der Waals surface area contributed by atoms with Gasteiger partial charge in [0.25, 0.3) is 5.69 Å².